The van der Waals surface area contributed by atoms with Gasteiger partial charge in [0.15, 0.2) is 5.78 Å². The van der Waals surface area contributed by atoms with E-state index < -0.39 is 12.1 Å². The number of Topliss-reactive ketones (excluding diaryl/α,β-unsaturated/α-hetero) is 1. The van der Waals surface area contributed by atoms with Crippen LogP contribution in [-0.4, -0.2) is 58.9 Å². The van der Waals surface area contributed by atoms with E-state index in [4.69, 9.17) is 0 Å². The van der Waals surface area contributed by atoms with Gasteiger partial charge in [0.1, 0.15) is 0 Å². The van der Waals surface area contributed by atoms with Crippen LogP contribution in [0.5, 0.6) is 0 Å². The lowest BCUT2D eigenvalue weighted by atomic mass is 9.96. The van der Waals surface area contributed by atoms with Crippen molar-refractivity contribution in [3.8, 4) is 0 Å². The highest BCUT2D eigenvalue weighted by molar-refractivity contribution is 8.00. The Morgan fingerprint density at radius 1 is 0.967 bits per heavy atom. The summed E-state index contributed by atoms with van der Waals surface area (Å²) < 4.78 is 0. The van der Waals surface area contributed by atoms with Crippen LogP contribution in [0.15, 0.2) is 60.7 Å². The molecule has 4 atom stereocenters. The predicted molar refractivity (Wildman–Crippen MR) is 116 cm³/mol. The van der Waals surface area contributed by atoms with Gasteiger partial charge in [0.05, 0.1) is 29.4 Å². The van der Waals surface area contributed by atoms with Crippen molar-refractivity contribution in [3.05, 3.63) is 71.8 Å². The number of benzene rings is 2. The highest BCUT2D eigenvalue weighted by Gasteiger charge is 2.51. The Labute approximate surface area is 179 Å². The maximum Gasteiger partial charge on any atom is 0.327 e. The fourth-order valence-corrected chi connectivity index (χ4v) is 5.11. The van der Waals surface area contributed by atoms with Crippen molar-refractivity contribution in [1.82, 2.24) is 20.4 Å². The third kappa shape index (κ3) is 3.86. The Kier molecular flexibility index (Phi) is 5.90. The number of carbonyl (C=O) groups is 3. The van der Waals surface area contributed by atoms with Gasteiger partial charge in [-0.2, -0.15) is 0 Å². The van der Waals surface area contributed by atoms with Crippen LogP contribution in [0.25, 0.3) is 0 Å². The molecule has 0 aromatic heterocycles. The van der Waals surface area contributed by atoms with Crippen molar-refractivity contribution >= 4 is 29.5 Å². The Morgan fingerprint density at radius 2 is 1.60 bits per heavy atom. The van der Waals surface area contributed by atoms with Gasteiger partial charge >= 0.3 is 6.03 Å². The molecule has 2 aliphatic rings. The smallest absolute Gasteiger partial charge is 0.311 e. The molecule has 2 saturated heterocycles. The van der Waals surface area contributed by atoms with Crippen molar-refractivity contribution in [3.63, 3.8) is 0 Å². The molecule has 2 aromatic rings. The SMILES string of the molecule is CN1C(=O)C2C(SCC(=O)c3ccccc3)NC(c3ccccc3)NC2N(C)C1=O. The van der Waals surface area contributed by atoms with Crippen molar-refractivity contribution in [2.24, 2.45) is 5.92 Å². The highest BCUT2D eigenvalue weighted by atomic mass is 32.2. The summed E-state index contributed by atoms with van der Waals surface area (Å²) in [6, 6.07) is 18.6. The van der Waals surface area contributed by atoms with Gasteiger partial charge in [0, 0.05) is 19.7 Å². The van der Waals surface area contributed by atoms with Crippen LogP contribution < -0.4 is 10.6 Å². The first-order valence-corrected chi connectivity index (χ1v) is 10.8. The molecule has 30 heavy (non-hydrogen) atoms. The van der Waals surface area contributed by atoms with Crippen LogP contribution >= 0.6 is 11.8 Å². The first kappa shape index (κ1) is 20.6. The zero-order valence-corrected chi connectivity index (χ0v) is 17.6. The third-order valence-corrected chi connectivity index (χ3v) is 6.80. The number of rotatable bonds is 5. The molecule has 0 bridgehead atoms. The van der Waals surface area contributed by atoms with E-state index in [0.717, 1.165) is 10.5 Å². The Hall–Kier alpha value is -2.68. The van der Waals surface area contributed by atoms with Crippen molar-refractivity contribution in [1.29, 1.82) is 0 Å². The molecular formula is C22H24N4O3S. The second kappa shape index (κ2) is 8.59. The lowest BCUT2D eigenvalue weighted by Crippen LogP contribution is -2.72. The average Bonchev–Trinajstić information content (AvgIpc) is 2.80. The van der Waals surface area contributed by atoms with E-state index in [0.29, 0.717) is 5.56 Å². The molecule has 156 valence electrons. The van der Waals surface area contributed by atoms with Gasteiger partial charge in [0.2, 0.25) is 5.91 Å². The third-order valence-electron chi connectivity index (χ3n) is 5.58. The topological polar surface area (TPSA) is 81.8 Å². The summed E-state index contributed by atoms with van der Waals surface area (Å²) in [7, 11) is 3.19. The fraction of sp³-hybridized carbons (Fsp3) is 0.318. The first-order chi connectivity index (χ1) is 14.5. The van der Waals surface area contributed by atoms with Crippen LogP contribution in [0.2, 0.25) is 0 Å². The molecule has 4 unspecified atom stereocenters. The minimum absolute atomic E-state index is 0.00906. The zero-order valence-electron chi connectivity index (χ0n) is 16.8. The first-order valence-electron chi connectivity index (χ1n) is 9.78. The van der Waals surface area contributed by atoms with Crippen molar-refractivity contribution < 1.29 is 14.4 Å². The lowest BCUT2D eigenvalue weighted by Gasteiger charge is -2.50. The molecule has 3 amide bonds. The number of carbonyl (C=O) groups excluding carboxylic acids is 3. The Morgan fingerprint density at radius 3 is 2.27 bits per heavy atom. The van der Waals surface area contributed by atoms with Crippen LogP contribution in [-0.2, 0) is 4.79 Å². The number of thioether (sulfide) groups is 1. The number of imide groups is 1. The number of hydrogen-bond donors (Lipinski definition) is 2. The molecule has 2 aliphatic heterocycles. The van der Waals surface area contributed by atoms with Gasteiger partial charge in [-0.25, -0.2) is 4.79 Å². The monoisotopic (exact) mass is 424 g/mol. The van der Waals surface area contributed by atoms with Gasteiger partial charge in [-0.15, -0.1) is 11.8 Å². The molecule has 2 fully saturated rings. The Balaban J connectivity index is 1.59. The molecule has 2 N–H and O–H groups in total. The zero-order chi connectivity index (χ0) is 21.3. The molecule has 0 spiro atoms. The van der Waals surface area contributed by atoms with Gasteiger partial charge in [-0.05, 0) is 5.56 Å². The summed E-state index contributed by atoms with van der Waals surface area (Å²) in [6.07, 6.45) is -0.708. The standard InChI is InChI=1S/C22H24N4O3S/c1-25-19-17(21(28)26(2)22(25)29)20(24-18(23-19)15-11-7-4-8-12-15)30-13-16(27)14-9-5-3-6-10-14/h3-12,17-20,23-24H,13H2,1-2H3. The van der Waals surface area contributed by atoms with E-state index in [1.54, 1.807) is 24.1 Å². The number of urea groups is 1. The normalized spacial score (nSPS) is 26.5. The van der Waals surface area contributed by atoms with Gasteiger partial charge in [-0.3, -0.25) is 25.1 Å². The lowest BCUT2D eigenvalue weighted by molar-refractivity contribution is -0.140. The van der Waals surface area contributed by atoms with Crippen molar-refractivity contribution in [2.45, 2.75) is 17.7 Å². The number of nitrogens with zero attached hydrogens (tertiary/aromatic N) is 2. The van der Waals surface area contributed by atoms with Crippen LogP contribution in [0.3, 0.4) is 0 Å². The second-order valence-corrected chi connectivity index (χ2v) is 8.59. The summed E-state index contributed by atoms with van der Waals surface area (Å²) in [4.78, 5) is 40.8. The summed E-state index contributed by atoms with van der Waals surface area (Å²) in [5.74, 6) is -0.513. The molecule has 0 saturated carbocycles. The predicted octanol–water partition coefficient (Wildman–Crippen LogP) is 2.29. The minimum Gasteiger partial charge on any atom is -0.311 e. The molecule has 0 aliphatic carbocycles. The molecule has 2 aromatic carbocycles. The van der Waals surface area contributed by atoms with Crippen LogP contribution in [0.4, 0.5) is 4.79 Å². The fourth-order valence-electron chi connectivity index (χ4n) is 3.91. The van der Waals surface area contributed by atoms with Crippen LogP contribution in [0.1, 0.15) is 22.1 Å². The van der Waals surface area contributed by atoms with E-state index in [1.165, 1.54) is 18.8 Å². The highest BCUT2D eigenvalue weighted by Crippen LogP contribution is 2.34. The minimum atomic E-state index is -0.508. The summed E-state index contributed by atoms with van der Waals surface area (Å²) >= 11 is 1.41. The van der Waals surface area contributed by atoms with Crippen molar-refractivity contribution in [2.75, 3.05) is 19.8 Å². The van der Waals surface area contributed by atoms with E-state index in [9.17, 15) is 14.4 Å². The average molecular weight is 425 g/mol. The summed E-state index contributed by atoms with van der Waals surface area (Å²) in [6.45, 7) is 0. The largest absolute Gasteiger partial charge is 0.327 e. The Bertz CT molecular complexity index is 940. The molecule has 7 nitrogen and oxygen atoms in total. The molecule has 0 radical (unpaired) electrons. The van der Waals surface area contributed by atoms with Gasteiger partial charge in [-0.1, -0.05) is 60.7 Å². The molecule has 8 heteroatoms. The molecule has 4 rings (SSSR count). The molecule has 2 heterocycles. The second-order valence-electron chi connectivity index (χ2n) is 7.46. The number of hydrogen-bond acceptors (Lipinski definition) is 6. The van der Waals surface area contributed by atoms with E-state index >= 15 is 0 Å². The quantitative estimate of drug-likeness (QED) is 0.717. The summed E-state index contributed by atoms with van der Waals surface area (Å²) in [5, 5.41) is 6.54. The van der Waals surface area contributed by atoms with Crippen LogP contribution in [0, 0.1) is 5.92 Å². The van der Waals surface area contributed by atoms with Gasteiger partial charge < -0.3 is 4.90 Å². The number of ketones is 1. The number of amides is 3. The summed E-state index contributed by atoms with van der Waals surface area (Å²) in [5.41, 5.74) is 1.65. The number of fused-ring (bicyclic) bond motifs is 1. The maximum atomic E-state index is 13.0. The van der Waals surface area contributed by atoms with E-state index in [1.807, 2.05) is 48.5 Å². The van der Waals surface area contributed by atoms with Gasteiger partial charge in [0.25, 0.3) is 0 Å². The molecular weight excluding hydrogens is 400 g/mol. The van der Waals surface area contributed by atoms with E-state index in [2.05, 4.69) is 10.6 Å². The van der Waals surface area contributed by atoms with E-state index in [-0.39, 0.29) is 35.0 Å². The maximum absolute atomic E-state index is 13.0. The number of nitrogens with one attached hydrogen (secondary N) is 2.